The van der Waals surface area contributed by atoms with Crippen molar-refractivity contribution in [1.82, 2.24) is 0 Å². The van der Waals surface area contributed by atoms with Crippen molar-refractivity contribution in [2.75, 3.05) is 0 Å². The van der Waals surface area contributed by atoms with E-state index in [-0.39, 0.29) is 5.41 Å². The highest BCUT2D eigenvalue weighted by Gasteiger charge is 2.20. The van der Waals surface area contributed by atoms with Crippen LogP contribution >= 0.6 is 11.6 Å². The van der Waals surface area contributed by atoms with Crippen LogP contribution in [0.4, 0.5) is 0 Å². The highest BCUT2D eigenvalue weighted by molar-refractivity contribution is 6.30. The lowest BCUT2D eigenvalue weighted by molar-refractivity contribution is 0.454. The molecule has 0 N–H and O–H groups in total. The summed E-state index contributed by atoms with van der Waals surface area (Å²) in [5, 5.41) is 9.75. The molecule has 21 heavy (non-hydrogen) atoms. The summed E-state index contributed by atoms with van der Waals surface area (Å²) in [5.74, 6) is 1.25. The quantitative estimate of drug-likeness (QED) is 0.722. The van der Waals surface area contributed by atoms with E-state index in [9.17, 15) is 5.26 Å². The van der Waals surface area contributed by atoms with Gasteiger partial charge >= 0.3 is 0 Å². The molecule has 0 radical (unpaired) electrons. The third kappa shape index (κ3) is 3.56. The zero-order chi connectivity index (χ0) is 15.6. The lowest BCUT2D eigenvalue weighted by Crippen LogP contribution is -2.12. The Bertz CT molecular complexity index is 708. The number of hydrogen-bond donors (Lipinski definition) is 0. The smallest absolute Gasteiger partial charge is 0.146 e. The molecule has 2 aromatic carbocycles. The minimum absolute atomic E-state index is 0.0472. The molecule has 0 aromatic heterocycles. The average Bonchev–Trinajstić information content (AvgIpc) is 2.37. The Labute approximate surface area is 130 Å². The number of rotatable bonds is 2. The normalized spacial score (nSPS) is 11.0. The predicted molar refractivity (Wildman–Crippen MR) is 86.1 cm³/mol. The molecular weight excluding hydrogens is 282 g/mol. The van der Waals surface area contributed by atoms with Gasteiger partial charge in [-0.15, -0.1) is 0 Å². The van der Waals surface area contributed by atoms with Crippen LogP contribution in [0.1, 0.15) is 37.5 Å². The highest BCUT2D eigenvalue weighted by atomic mass is 35.5. The summed E-state index contributed by atoms with van der Waals surface area (Å²) in [4.78, 5) is 0. The summed E-state index contributed by atoms with van der Waals surface area (Å²) in [7, 11) is 0. The molecule has 0 heterocycles. The third-order valence-electron chi connectivity index (χ3n) is 3.23. The van der Waals surface area contributed by atoms with Crippen LogP contribution in [0, 0.1) is 18.3 Å². The van der Waals surface area contributed by atoms with Crippen LogP contribution in [0.2, 0.25) is 5.02 Å². The van der Waals surface area contributed by atoms with Gasteiger partial charge in [-0.3, -0.25) is 0 Å². The highest BCUT2D eigenvalue weighted by Crippen LogP contribution is 2.36. The molecule has 0 bridgehead atoms. The molecule has 2 rings (SSSR count). The Balaban J connectivity index is 2.52. The van der Waals surface area contributed by atoms with Gasteiger partial charge in [0.25, 0.3) is 0 Å². The molecule has 0 aliphatic carbocycles. The zero-order valence-electron chi connectivity index (χ0n) is 12.7. The van der Waals surface area contributed by atoms with E-state index < -0.39 is 0 Å². The van der Waals surface area contributed by atoms with Gasteiger partial charge in [0.2, 0.25) is 0 Å². The molecule has 0 unspecified atom stereocenters. The van der Waals surface area contributed by atoms with Crippen molar-refractivity contribution in [1.29, 1.82) is 5.26 Å². The molecule has 0 saturated heterocycles. The SMILES string of the molecule is Cc1ccc(C(C)(C)C)c(Oc2cc(Cl)ccc2C#N)c1. The van der Waals surface area contributed by atoms with E-state index in [1.165, 1.54) is 0 Å². The van der Waals surface area contributed by atoms with E-state index in [2.05, 4.69) is 39.0 Å². The van der Waals surface area contributed by atoms with Gasteiger partial charge in [-0.2, -0.15) is 5.26 Å². The largest absolute Gasteiger partial charge is 0.456 e. The molecule has 2 nitrogen and oxygen atoms in total. The first kappa shape index (κ1) is 15.4. The Morgan fingerprint density at radius 1 is 1.05 bits per heavy atom. The van der Waals surface area contributed by atoms with Gasteiger partial charge in [-0.25, -0.2) is 0 Å². The van der Waals surface area contributed by atoms with Gasteiger partial charge in [-0.1, -0.05) is 44.5 Å². The molecule has 0 atom stereocenters. The van der Waals surface area contributed by atoms with Crippen molar-refractivity contribution in [3.63, 3.8) is 0 Å². The van der Waals surface area contributed by atoms with E-state index in [0.717, 1.165) is 16.9 Å². The first-order valence-electron chi connectivity index (χ1n) is 6.80. The number of nitriles is 1. The molecule has 0 fully saturated rings. The summed E-state index contributed by atoms with van der Waals surface area (Å²) in [6, 6.07) is 13.3. The van der Waals surface area contributed by atoms with Gasteiger partial charge < -0.3 is 4.74 Å². The van der Waals surface area contributed by atoms with E-state index in [0.29, 0.717) is 16.3 Å². The fourth-order valence-corrected chi connectivity index (χ4v) is 2.29. The summed E-state index contributed by atoms with van der Waals surface area (Å²) in [6.45, 7) is 8.41. The first-order chi connectivity index (χ1) is 9.81. The second-order valence-electron chi connectivity index (χ2n) is 6.10. The number of hydrogen-bond acceptors (Lipinski definition) is 2. The van der Waals surface area contributed by atoms with Crippen molar-refractivity contribution in [2.24, 2.45) is 0 Å². The molecule has 0 spiro atoms. The summed E-state index contributed by atoms with van der Waals surface area (Å²) >= 11 is 6.01. The van der Waals surface area contributed by atoms with Crippen LogP contribution in [-0.4, -0.2) is 0 Å². The Morgan fingerprint density at radius 3 is 2.38 bits per heavy atom. The van der Waals surface area contributed by atoms with E-state index >= 15 is 0 Å². The number of halogens is 1. The topological polar surface area (TPSA) is 33.0 Å². The van der Waals surface area contributed by atoms with Crippen molar-refractivity contribution in [3.8, 4) is 17.6 Å². The minimum Gasteiger partial charge on any atom is -0.456 e. The fraction of sp³-hybridized carbons (Fsp3) is 0.278. The Kier molecular flexibility index (Phi) is 4.25. The third-order valence-corrected chi connectivity index (χ3v) is 3.46. The van der Waals surface area contributed by atoms with E-state index in [4.69, 9.17) is 16.3 Å². The predicted octanol–water partition coefficient (Wildman–Crippen LogP) is 5.61. The molecule has 2 aromatic rings. The van der Waals surface area contributed by atoms with Gasteiger partial charge in [0.05, 0.1) is 5.56 Å². The van der Waals surface area contributed by atoms with Crippen molar-refractivity contribution < 1.29 is 4.74 Å². The van der Waals surface area contributed by atoms with Gasteiger partial charge in [0.1, 0.15) is 17.6 Å². The molecule has 108 valence electrons. The van der Waals surface area contributed by atoms with Crippen molar-refractivity contribution in [3.05, 3.63) is 58.1 Å². The van der Waals surface area contributed by atoms with Crippen LogP contribution in [0.15, 0.2) is 36.4 Å². The molecule has 3 heteroatoms. The number of nitrogens with zero attached hydrogens (tertiary/aromatic N) is 1. The zero-order valence-corrected chi connectivity index (χ0v) is 13.5. The lowest BCUT2D eigenvalue weighted by atomic mass is 9.86. The fourth-order valence-electron chi connectivity index (χ4n) is 2.13. The molecule has 0 saturated carbocycles. The van der Waals surface area contributed by atoms with Crippen LogP contribution in [-0.2, 0) is 5.41 Å². The standard InChI is InChI=1S/C18H18ClNO/c1-12-5-8-15(18(2,3)4)17(9-12)21-16-10-14(19)7-6-13(16)11-20/h5-10H,1-4H3. The monoisotopic (exact) mass is 299 g/mol. The van der Waals surface area contributed by atoms with Crippen LogP contribution in [0.5, 0.6) is 11.5 Å². The van der Waals surface area contributed by atoms with Crippen molar-refractivity contribution >= 4 is 11.6 Å². The Morgan fingerprint density at radius 2 is 1.76 bits per heavy atom. The van der Waals surface area contributed by atoms with Gasteiger partial charge in [-0.05, 0) is 36.1 Å². The summed E-state index contributed by atoms with van der Waals surface area (Å²) < 4.78 is 6.01. The summed E-state index contributed by atoms with van der Waals surface area (Å²) in [5.41, 5.74) is 2.63. The van der Waals surface area contributed by atoms with Gasteiger partial charge in [0.15, 0.2) is 0 Å². The summed E-state index contributed by atoms with van der Waals surface area (Å²) in [6.07, 6.45) is 0. The first-order valence-corrected chi connectivity index (χ1v) is 7.17. The molecule has 0 aliphatic heterocycles. The maximum absolute atomic E-state index is 9.20. The van der Waals surface area contributed by atoms with Gasteiger partial charge in [0, 0.05) is 16.7 Å². The Hall–Kier alpha value is -1.98. The van der Waals surface area contributed by atoms with Crippen LogP contribution in [0.3, 0.4) is 0 Å². The molecule has 0 amide bonds. The van der Waals surface area contributed by atoms with E-state index in [1.54, 1.807) is 18.2 Å². The van der Waals surface area contributed by atoms with Crippen molar-refractivity contribution in [2.45, 2.75) is 33.1 Å². The second kappa shape index (κ2) is 5.79. The molecular formula is C18H18ClNO. The average molecular weight is 300 g/mol. The number of ether oxygens (including phenoxy) is 1. The van der Waals surface area contributed by atoms with Crippen LogP contribution < -0.4 is 4.74 Å². The minimum atomic E-state index is -0.0472. The van der Waals surface area contributed by atoms with Crippen LogP contribution in [0.25, 0.3) is 0 Å². The number of aryl methyl sites for hydroxylation is 1. The lowest BCUT2D eigenvalue weighted by Gasteiger charge is -2.23. The molecule has 0 aliphatic rings. The number of benzene rings is 2. The second-order valence-corrected chi connectivity index (χ2v) is 6.54. The maximum Gasteiger partial charge on any atom is 0.146 e. The maximum atomic E-state index is 9.20. The van der Waals surface area contributed by atoms with E-state index in [1.807, 2.05) is 13.0 Å².